The van der Waals surface area contributed by atoms with Crippen LogP contribution in [0, 0.1) is 23.2 Å². The van der Waals surface area contributed by atoms with Crippen molar-refractivity contribution in [1.82, 2.24) is 5.32 Å². The van der Waals surface area contributed by atoms with Gasteiger partial charge in [0, 0.05) is 13.0 Å². The summed E-state index contributed by atoms with van der Waals surface area (Å²) in [5.41, 5.74) is 3.74. The lowest BCUT2D eigenvalue weighted by atomic mass is 9.60. The van der Waals surface area contributed by atoms with Crippen LogP contribution in [0.2, 0.25) is 0 Å². The van der Waals surface area contributed by atoms with Gasteiger partial charge < -0.3 is 29.7 Å². The van der Waals surface area contributed by atoms with E-state index >= 15 is 0 Å². The smallest absolute Gasteiger partial charge is 0.407 e. The van der Waals surface area contributed by atoms with Crippen molar-refractivity contribution >= 4 is 6.09 Å². The zero-order valence-corrected chi connectivity index (χ0v) is 26.2. The molecule has 0 radical (unpaired) electrons. The molecule has 41 heavy (non-hydrogen) atoms. The molecule has 0 saturated heterocycles. The molecule has 0 aromatic carbocycles. The second kappa shape index (κ2) is 16.3. The second-order valence-corrected chi connectivity index (χ2v) is 13.5. The standard InChI is InChI=1S/C34H57NO6/c1-25-10-13-29(41-32(37)35-18-20-39-22-23-40-21-19-36)24-28(25)12-11-27-9-7-17-34(5)30(14-15-31(27)34)26(2)8-6-16-33(3,4)38/h11-12,26,29-31,36,38H,1,6-10,13-24H2,2-5H3,(H,35,37). The maximum atomic E-state index is 12.3. The average Bonchev–Trinajstić information content (AvgIpc) is 3.27. The predicted octanol–water partition coefficient (Wildman–Crippen LogP) is 6.49. The Hall–Kier alpha value is -1.67. The highest BCUT2D eigenvalue weighted by Crippen LogP contribution is 2.60. The van der Waals surface area contributed by atoms with Gasteiger partial charge in [-0.1, -0.05) is 56.6 Å². The molecule has 0 spiro atoms. The summed E-state index contributed by atoms with van der Waals surface area (Å²) in [6.45, 7) is 15.1. The average molecular weight is 576 g/mol. The Morgan fingerprint density at radius 1 is 1.15 bits per heavy atom. The number of rotatable bonds is 15. The Labute approximate surface area is 248 Å². The van der Waals surface area contributed by atoms with E-state index in [-0.39, 0.29) is 12.7 Å². The highest BCUT2D eigenvalue weighted by molar-refractivity contribution is 5.67. The molecule has 0 aromatic heterocycles. The summed E-state index contributed by atoms with van der Waals surface area (Å²) in [7, 11) is 0. The van der Waals surface area contributed by atoms with E-state index in [9.17, 15) is 9.90 Å². The van der Waals surface area contributed by atoms with Gasteiger partial charge >= 0.3 is 6.09 Å². The number of hydrogen-bond donors (Lipinski definition) is 3. The first-order chi connectivity index (χ1) is 19.5. The van der Waals surface area contributed by atoms with Gasteiger partial charge in [-0.05, 0) is 94.0 Å². The molecule has 3 rings (SSSR count). The number of alkyl carbamates (subject to hydrolysis) is 1. The lowest BCUT2D eigenvalue weighted by molar-refractivity contribution is 0.0329. The number of fused-ring (bicyclic) bond motifs is 1. The number of aliphatic hydroxyl groups excluding tert-OH is 1. The molecular formula is C34H57NO6. The summed E-state index contributed by atoms with van der Waals surface area (Å²) in [5, 5.41) is 21.6. The molecule has 0 bridgehead atoms. The first-order valence-electron chi connectivity index (χ1n) is 16.0. The van der Waals surface area contributed by atoms with Crippen molar-refractivity contribution in [3.05, 3.63) is 35.5 Å². The lowest BCUT2D eigenvalue weighted by Crippen LogP contribution is -2.36. The summed E-state index contributed by atoms with van der Waals surface area (Å²) < 4.78 is 16.3. The van der Waals surface area contributed by atoms with Gasteiger partial charge in [-0.25, -0.2) is 4.79 Å². The third kappa shape index (κ3) is 10.5. The molecule has 3 N–H and O–H groups in total. The molecule has 7 heteroatoms. The topological polar surface area (TPSA) is 97.3 Å². The largest absolute Gasteiger partial charge is 0.446 e. The van der Waals surface area contributed by atoms with Crippen LogP contribution in [0.5, 0.6) is 0 Å². The van der Waals surface area contributed by atoms with E-state index in [1.165, 1.54) is 44.1 Å². The van der Waals surface area contributed by atoms with Crippen LogP contribution in [-0.4, -0.2) is 67.6 Å². The maximum Gasteiger partial charge on any atom is 0.407 e. The Morgan fingerprint density at radius 3 is 2.63 bits per heavy atom. The minimum atomic E-state index is -0.570. The minimum Gasteiger partial charge on any atom is -0.446 e. The molecule has 0 heterocycles. The van der Waals surface area contributed by atoms with Gasteiger partial charge in [-0.2, -0.15) is 0 Å². The highest BCUT2D eigenvalue weighted by atomic mass is 16.6. The third-order valence-electron chi connectivity index (χ3n) is 9.74. The van der Waals surface area contributed by atoms with E-state index < -0.39 is 11.7 Å². The fourth-order valence-corrected chi connectivity index (χ4v) is 7.56. The predicted molar refractivity (Wildman–Crippen MR) is 164 cm³/mol. The van der Waals surface area contributed by atoms with E-state index in [1.807, 2.05) is 13.8 Å². The maximum absolute atomic E-state index is 12.3. The number of amides is 1. The highest BCUT2D eigenvalue weighted by Gasteiger charge is 2.50. The normalized spacial score (nSPS) is 29.5. The molecule has 3 saturated carbocycles. The number of nitrogens with one attached hydrogen (secondary N) is 1. The zero-order chi connectivity index (χ0) is 29.9. The summed E-state index contributed by atoms with van der Waals surface area (Å²) >= 11 is 0. The van der Waals surface area contributed by atoms with Gasteiger partial charge in [-0.3, -0.25) is 0 Å². The Balaban J connectivity index is 1.50. The van der Waals surface area contributed by atoms with Crippen LogP contribution in [-0.2, 0) is 14.2 Å². The molecule has 234 valence electrons. The first-order valence-corrected chi connectivity index (χ1v) is 16.0. The van der Waals surface area contributed by atoms with Crippen molar-refractivity contribution in [2.45, 2.75) is 110 Å². The van der Waals surface area contributed by atoms with Crippen LogP contribution in [0.25, 0.3) is 0 Å². The molecule has 3 aliphatic carbocycles. The molecule has 5 unspecified atom stereocenters. The third-order valence-corrected chi connectivity index (χ3v) is 9.74. The zero-order valence-electron chi connectivity index (χ0n) is 26.2. The van der Waals surface area contributed by atoms with Gasteiger partial charge in [0.15, 0.2) is 0 Å². The lowest BCUT2D eigenvalue weighted by Gasteiger charge is -2.44. The minimum absolute atomic E-state index is 0.00216. The van der Waals surface area contributed by atoms with Crippen molar-refractivity contribution < 1.29 is 29.2 Å². The molecular weight excluding hydrogens is 518 g/mol. The van der Waals surface area contributed by atoms with E-state index in [0.717, 1.165) is 37.2 Å². The second-order valence-electron chi connectivity index (χ2n) is 13.5. The molecule has 3 aliphatic rings. The Morgan fingerprint density at radius 2 is 1.90 bits per heavy atom. The Kier molecular flexibility index (Phi) is 13.4. The van der Waals surface area contributed by atoms with Gasteiger partial charge in [-0.15, -0.1) is 0 Å². The number of hydrogen-bond acceptors (Lipinski definition) is 6. The molecule has 3 fully saturated rings. The molecule has 0 aromatic rings. The summed E-state index contributed by atoms with van der Waals surface area (Å²) in [4.78, 5) is 12.3. The quantitative estimate of drug-likeness (QED) is 0.193. The van der Waals surface area contributed by atoms with Crippen LogP contribution >= 0.6 is 0 Å². The van der Waals surface area contributed by atoms with Gasteiger partial charge in [0.2, 0.25) is 0 Å². The van der Waals surface area contributed by atoms with Crippen molar-refractivity contribution in [2.75, 3.05) is 39.6 Å². The van der Waals surface area contributed by atoms with Gasteiger partial charge in [0.1, 0.15) is 6.10 Å². The van der Waals surface area contributed by atoms with Crippen molar-refractivity contribution in [2.24, 2.45) is 23.2 Å². The van der Waals surface area contributed by atoms with E-state index in [0.29, 0.717) is 56.6 Å². The number of allylic oxidation sites excluding steroid dienone is 4. The summed E-state index contributed by atoms with van der Waals surface area (Å²) in [6, 6.07) is 0. The van der Waals surface area contributed by atoms with Crippen molar-refractivity contribution in [3.63, 3.8) is 0 Å². The number of carbonyl (C=O) groups is 1. The monoisotopic (exact) mass is 575 g/mol. The van der Waals surface area contributed by atoms with Crippen LogP contribution in [0.4, 0.5) is 4.79 Å². The van der Waals surface area contributed by atoms with Crippen LogP contribution in [0.3, 0.4) is 0 Å². The number of ether oxygens (including phenoxy) is 3. The van der Waals surface area contributed by atoms with Crippen LogP contribution in [0.1, 0.15) is 98.3 Å². The van der Waals surface area contributed by atoms with Crippen molar-refractivity contribution in [1.29, 1.82) is 0 Å². The van der Waals surface area contributed by atoms with E-state index in [1.54, 1.807) is 5.57 Å². The van der Waals surface area contributed by atoms with Crippen molar-refractivity contribution in [3.8, 4) is 0 Å². The molecule has 5 atom stereocenters. The molecule has 1 amide bonds. The first kappa shape index (κ1) is 33.8. The number of carbonyl (C=O) groups excluding carboxylic acids is 1. The molecule has 7 nitrogen and oxygen atoms in total. The SMILES string of the molecule is C=C1CCC(OC(=O)NCCOCCOCCO)CC1=CC=C1CCCC2(C)C1CCC2C(C)CCCC(C)(C)O. The van der Waals surface area contributed by atoms with Crippen LogP contribution in [0.15, 0.2) is 35.5 Å². The van der Waals surface area contributed by atoms with Crippen LogP contribution < -0.4 is 5.32 Å². The fraction of sp³-hybridized carbons (Fsp3) is 0.794. The van der Waals surface area contributed by atoms with Gasteiger partial charge in [0.25, 0.3) is 0 Å². The summed E-state index contributed by atoms with van der Waals surface area (Å²) in [6.07, 6.45) is 15.9. The fourth-order valence-electron chi connectivity index (χ4n) is 7.56. The van der Waals surface area contributed by atoms with E-state index in [2.05, 4.69) is 37.9 Å². The van der Waals surface area contributed by atoms with Gasteiger partial charge in [0.05, 0.1) is 38.6 Å². The number of aliphatic hydroxyl groups is 2. The Bertz CT molecular complexity index is 905. The molecule has 0 aliphatic heterocycles. The van der Waals surface area contributed by atoms with E-state index in [4.69, 9.17) is 19.3 Å². The summed E-state index contributed by atoms with van der Waals surface area (Å²) in [5.74, 6) is 2.08.